The van der Waals surface area contributed by atoms with Gasteiger partial charge in [0.25, 0.3) is 5.91 Å². The Balaban J connectivity index is 1.68. The maximum Gasteiger partial charge on any atom is 0.251 e. The second-order valence-corrected chi connectivity index (χ2v) is 9.76. The Morgan fingerprint density at radius 3 is 2.27 bits per heavy atom. The van der Waals surface area contributed by atoms with Crippen molar-refractivity contribution >= 4 is 33.2 Å². The molecular weight excluding hydrogens is 467 g/mol. The molecule has 0 saturated heterocycles. The highest BCUT2D eigenvalue weighted by molar-refractivity contribution is 7.92. The summed E-state index contributed by atoms with van der Waals surface area (Å²) < 4.78 is 44.5. The largest absolute Gasteiger partial charge is 0.495 e. The first-order valence-corrected chi connectivity index (χ1v) is 12.3. The lowest BCUT2D eigenvalue weighted by atomic mass is 10.1. The van der Waals surface area contributed by atoms with Crippen molar-refractivity contribution in [2.45, 2.75) is 13.0 Å². The Bertz CT molecular complexity index is 1220. The molecule has 3 aromatic carbocycles. The van der Waals surface area contributed by atoms with Crippen LogP contribution >= 0.6 is 11.6 Å². The van der Waals surface area contributed by atoms with Crippen molar-refractivity contribution < 1.29 is 22.3 Å². The quantitative estimate of drug-likeness (QED) is 0.481. The number of hydrogen-bond donors (Lipinski definition) is 1. The summed E-state index contributed by atoms with van der Waals surface area (Å²) in [4.78, 5) is 12.4. The molecule has 0 aliphatic carbocycles. The van der Waals surface area contributed by atoms with Crippen LogP contribution in [0.25, 0.3) is 0 Å². The molecule has 3 rings (SSSR count). The number of ether oxygens (including phenoxy) is 1. The molecule has 6 nitrogen and oxygen atoms in total. The van der Waals surface area contributed by atoms with Crippen LogP contribution in [0.5, 0.6) is 5.75 Å². The van der Waals surface area contributed by atoms with Crippen molar-refractivity contribution in [3.63, 3.8) is 0 Å². The Morgan fingerprint density at radius 1 is 1.03 bits per heavy atom. The third-order valence-corrected chi connectivity index (χ3v) is 6.33. The third kappa shape index (κ3) is 6.69. The van der Waals surface area contributed by atoms with Crippen LogP contribution in [-0.4, -0.2) is 34.2 Å². The monoisotopic (exact) mass is 490 g/mol. The molecule has 33 heavy (non-hydrogen) atoms. The van der Waals surface area contributed by atoms with Gasteiger partial charge >= 0.3 is 0 Å². The van der Waals surface area contributed by atoms with Crippen LogP contribution in [0.1, 0.15) is 21.5 Å². The zero-order chi connectivity index (χ0) is 24.0. The van der Waals surface area contributed by atoms with E-state index < -0.39 is 10.0 Å². The van der Waals surface area contributed by atoms with Gasteiger partial charge in [-0.15, -0.1) is 0 Å². The van der Waals surface area contributed by atoms with E-state index in [1.54, 1.807) is 48.5 Å². The molecule has 0 aliphatic rings. The molecule has 1 amide bonds. The molecule has 0 unspecified atom stereocenters. The van der Waals surface area contributed by atoms with Crippen molar-refractivity contribution in [1.82, 2.24) is 5.32 Å². The summed E-state index contributed by atoms with van der Waals surface area (Å²) >= 11 is 6.08. The number of sulfonamides is 1. The first-order valence-electron chi connectivity index (χ1n) is 10.1. The van der Waals surface area contributed by atoms with Crippen molar-refractivity contribution in [3.8, 4) is 5.75 Å². The number of rotatable bonds is 9. The van der Waals surface area contributed by atoms with Crippen LogP contribution in [0, 0.1) is 5.82 Å². The number of amides is 1. The van der Waals surface area contributed by atoms with Crippen molar-refractivity contribution in [1.29, 1.82) is 0 Å². The summed E-state index contributed by atoms with van der Waals surface area (Å²) in [6, 6.07) is 17.6. The van der Waals surface area contributed by atoms with Gasteiger partial charge in [0, 0.05) is 17.1 Å². The first kappa shape index (κ1) is 24.5. The molecule has 0 saturated carbocycles. The van der Waals surface area contributed by atoms with Crippen LogP contribution < -0.4 is 14.4 Å². The second kappa shape index (κ2) is 10.7. The molecule has 0 atom stereocenters. The van der Waals surface area contributed by atoms with Gasteiger partial charge in [-0.25, -0.2) is 12.8 Å². The molecule has 0 fully saturated rings. The molecule has 9 heteroatoms. The Kier molecular flexibility index (Phi) is 7.94. The van der Waals surface area contributed by atoms with E-state index in [-0.39, 0.29) is 18.3 Å². The summed E-state index contributed by atoms with van der Waals surface area (Å²) in [5.41, 5.74) is 2.38. The summed E-state index contributed by atoms with van der Waals surface area (Å²) in [6.45, 7) is 0.449. The lowest BCUT2D eigenvalue weighted by molar-refractivity contribution is 0.0954. The number of carbonyl (C=O) groups excluding carboxylic acids is 1. The van der Waals surface area contributed by atoms with E-state index in [1.807, 2.05) is 0 Å². The van der Waals surface area contributed by atoms with Crippen molar-refractivity contribution in [3.05, 3.63) is 94.3 Å². The van der Waals surface area contributed by atoms with E-state index in [0.29, 0.717) is 40.6 Å². The van der Waals surface area contributed by atoms with Crippen LogP contribution in [0.2, 0.25) is 5.02 Å². The van der Waals surface area contributed by atoms with Crippen LogP contribution in [0.3, 0.4) is 0 Å². The molecular formula is C24H24ClFN2O4S. The Hall–Kier alpha value is -3.10. The minimum absolute atomic E-state index is 0.0437. The van der Waals surface area contributed by atoms with E-state index in [1.165, 1.54) is 29.6 Å². The second-order valence-electron chi connectivity index (χ2n) is 7.42. The number of hydrogen-bond acceptors (Lipinski definition) is 4. The Morgan fingerprint density at radius 2 is 1.67 bits per heavy atom. The fourth-order valence-corrected chi connectivity index (χ4v) is 4.29. The third-order valence-electron chi connectivity index (χ3n) is 4.96. The van der Waals surface area contributed by atoms with Gasteiger partial charge in [-0.2, -0.15) is 0 Å². The maximum atomic E-state index is 13.0. The van der Waals surface area contributed by atoms with Gasteiger partial charge < -0.3 is 10.1 Å². The first-order chi connectivity index (χ1) is 15.7. The summed E-state index contributed by atoms with van der Waals surface area (Å²) in [7, 11) is -2.19. The van der Waals surface area contributed by atoms with E-state index in [0.717, 1.165) is 11.8 Å². The molecule has 0 aliphatic heterocycles. The molecule has 3 aromatic rings. The van der Waals surface area contributed by atoms with Gasteiger partial charge in [-0.05, 0) is 60.0 Å². The number of benzene rings is 3. The Labute approximate surface area is 198 Å². The normalized spacial score (nSPS) is 11.2. The standard InChI is InChI=1S/C24H24ClFN2O4S/c1-32-23-12-9-20(25)15-22(23)28(33(2,30)31)16-18-3-7-19(8-4-18)24(29)27-14-13-17-5-10-21(26)11-6-17/h3-12,15H,13-14,16H2,1-2H3,(H,27,29). The predicted molar refractivity (Wildman–Crippen MR) is 128 cm³/mol. The van der Waals surface area contributed by atoms with Crippen LogP contribution in [0.4, 0.5) is 10.1 Å². The van der Waals surface area contributed by atoms with Crippen molar-refractivity contribution in [2.75, 3.05) is 24.2 Å². The SMILES string of the molecule is COc1ccc(Cl)cc1N(Cc1ccc(C(=O)NCCc2ccc(F)cc2)cc1)S(C)(=O)=O. The van der Waals surface area contributed by atoms with Crippen molar-refractivity contribution in [2.24, 2.45) is 0 Å². The number of methoxy groups -OCH3 is 1. The average Bonchev–Trinajstić information content (AvgIpc) is 2.78. The minimum Gasteiger partial charge on any atom is -0.495 e. The van der Waals surface area contributed by atoms with E-state index in [9.17, 15) is 17.6 Å². The zero-order valence-electron chi connectivity index (χ0n) is 18.2. The average molecular weight is 491 g/mol. The van der Waals surface area contributed by atoms with Gasteiger partial charge in [0.15, 0.2) is 0 Å². The molecule has 0 spiro atoms. The number of anilines is 1. The minimum atomic E-state index is -3.64. The molecule has 0 radical (unpaired) electrons. The molecule has 1 N–H and O–H groups in total. The lowest BCUT2D eigenvalue weighted by Crippen LogP contribution is -2.30. The van der Waals surface area contributed by atoms with Gasteiger partial charge in [0.05, 0.1) is 25.6 Å². The highest BCUT2D eigenvalue weighted by Crippen LogP contribution is 2.33. The number of nitrogens with one attached hydrogen (secondary N) is 1. The molecule has 174 valence electrons. The summed E-state index contributed by atoms with van der Waals surface area (Å²) in [6.07, 6.45) is 1.69. The van der Waals surface area contributed by atoms with Crippen LogP contribution in [0.15, 0.2) is 66.7 Å². The number of carbonyl (C=O) groups is 1. The summed E-state index contributed by atoms with van der Waals surface area (Å²) in [5, 5.41) is 3.21. The lowest BCUT2D eigenvalue weighted by Gasteiger charge is -2.24. The van der Waals surface area contributed by atoms with Gasteiger partial charge in [0.2, 0.25) is 10.0 Å². The smallest absolute Gasteiger partial charge is 0.251 e. The molecule has 0 aromatic heterocycles. The fraction of sp³-hybridized carbons (Fsp3) is 0.208. The van der Waals surface area contributed by atoms with Gasteiger partial charge in [0.1, 0.15) is 11.6 Å². The van der Waals surface area contributed by atoms with Gasteiger partial charge in [-0.3, -0.25) is 9.10 Å². The highest BCUT2D eigenvalue weighted by atomic mass is 35.5. The van der Waals surface area contributed by atoms with E-state index >= 15 is 0 Å². The van der Waals surface area contributed by atoms with Crippen LogP contribution in [-0.2, 0) is 23.0 Å². The van der Waals surface area contributed by atoms with E-state index in [2.05, 4.69) is 5.32 Å². The summed E-state index contributed by atoms with van der Waals surface area (Å²) in [5.74, 6) is -0.173. The van der Waals surface area contributed by atoms with E-state index in [4.69, 9.17) is 16.3 Å². The number of nitrogens with zero attached hydrogens (tertiary/aromatic N) is 1. The predicted octanol–water partition coefficient (Wildman–Crippen LogP) is 4.43. The molecule has 0 bridgehead atoms. The topological polar surface area (TPSA) is 75.7 Å². The fourth-order valence-electron chi connectivity index (χ4n) is 3.24. The number of halogens is 2. The maximum absolute atomic E-state index is 13.0. The van der Waals surface area contributed by atoms with Gasteiger partial charge in [-0.1, -0.05) is 35.9 Å². The zero-order valence-corrected chi connectivity index (χ0v) is 19.8. The molecule has 0 heterocycles. The highest BCUT2D eigenvalue weighted by Gasteiger charge is 2.22.